The van der Waals surface area contributed by atoms with Gasteiger partial charge in [0.15, 0.2) is 0 Å². The number of H-pyrrole nitrogens is 1. The molecule has 0 amide bonds. The fraction of sp³-hybridized carbons (Fsp3) is 0.667. The normalized spacial score (nSPS) is 28.7. The van der Waals surface area contributed by atoms with Gasteiger partial charge in [0, 0.05) is 31.8 Å². The molecule has 142 valence electrons. The summed E-state index contributed by atoms with van der Waals surface area (Å²) in [5.41, 5.74) is 3.48. The summed E-state index contributed by atoms with van der Waals surface area (Å²) in [7, 11) is 1.84. The van der Waals surface area contributed by atoms with Crippen LogP contribution in [-0.4, -0.2) is 46.3 Å². The fourth-order valence-electron chi connectivity index (χ4n) is 5.15. The number of aryl methyl sites for hydroxylation is 1. The van der Waals surface area contributed by atoms with Crippen molar-refractivity contribution in [2.24, 2.45) is 0 Å². The first-order valence-corrected chi connectivity index (χ1v) is 9.99. The molecule has 5 nitrogen and oxygen atoms in total. The number of hydrogen-bond acceptors (Lipinski definition) is 3. The minimum atomic E-state index is 0.0346. The maximum atomic E-state index is 12.6. The van der Waals surface area contributed by atoms with Crippen molar-refractivity contribution in [1.82, 2.24) is 14.5 Å². The lowest BCUT2D eigenvalue weighted by Crippen LogP contribution is -2.53. The van der Waals surface area contributed by atoms with E-state index in [9.17, 15) is 4.79 Å². The number of benzene rings is 1. The summed E-state index contributed by atoms with van der Waals surface area (Å²) in [5, 5.41) is 0. The Labute approximate surface area is 155 Å². The van der Waals surface area contributed by atoms with Crippen LogP contribution in [0.4, 0.5) is 0 Å². The molecular weight excluding hydrogens is 326 g/mol. The Balaban J connectivity index is 1.51. The molecule has 2 aromatic rings. The van der Waals surface area contributed by atoms with E-state index in [-0.39, 0.29) is 11.2 Å². The number of nitrogens with zero attached hydrogens (tertiary/aromatic N) is 2. The van der Waals surface area contributed by atoms with Crippen LogP contribution in [-0.2, 0) is 4.74 Å². The molecule has 0 radical (unpaired) electrons. The highest BCUT2D eigenvalue weighted by Gasteiger charge is 2.39. The second kappa shape index (κ2) is 6.86. The molecule has 1 aromatic heterocycles. The molecule has 2 fully saturated rings. The van der Waals surface area contributed by atoms with Crippen LogP contribution in [0.2, 0.25) is 0 Å². The third-order valence-electron chi connectivity index (χ3n) is 6.71. The SMILES string of the molecule is COC1CCCC(C)(N2CCC(n3c(=O)[nH]c4ccc(C)cc43)CC2)C1. The van der Waals surface area contributed by atoms with Crippen molar-refractivity contribution in [3.63, 3.8) is 0 Å². The van der Waals surface area contributed by atoms with Crippen molar-refractivity contribution in [3.05, 3.63) is 34.2 Å². The van der Waals surface area contributed by atoms with Crippen LogP contribution in [0.3, 0.4) is 0 Å². The highest BCUT2D eigenvalue weighted by molar-refractivity contribution is 5.76. The monoisotopic (exact) mass is 357 g/mol. The van der Waals surface area contributed by atoms with Crippen LogP contribution in [0.15, 0.2) is 23.0 Å². The summed E-state index contributed by atoms with van der Waals surface area (Å²) in [6.07, 6.45) is 7.28. The molecule has 2 atom stereocenters. The zero-order chi connectivity index (χ0) is 18.3. The molecule has 0 spiro atoms. The zero-order valence-electron chi connectivity index (χ0n) is 16.3. The molecule has 2 aliphatic rings. The maximum Gasteiger partial charge on any atom is 0.326 e. The Bertz CT molecular complexity index is 831. The average molecular weight is 357 g/mol. The maximum absolute atomic E-state index is 12.6. The lowest BCUT2D eigenvalue weighted by Gasteiger charge is -2.48. The molecule has 0 bridgehead atoms. The van der Waals surface area contributed by atoms with Crippen molar-refractivity contribution in [3.8, 4) is 0 Å². The zero-order valence-corrected chi connectivity index (χ0v) is 16.3. The smallest absolute Gasteiger partial charge is 0.326 e. The second-order valence-corrected chi connectivity index (χ2v) is 8.49. The van der Waals surface area contributed by atoms with Crippen LogP contribution in [0.1, 0.15) is 57.1 Å². The summed E-state index contributed by atoms with van der Waals surface area (Å²) in [6, 6.07) is 6.50. The van der Waals surface area contributed by atoms with Gasteiger partial charge < -0.3 is 9.72 Å². The van der Waals surface area contributed by atoms with E-state index in [2.05, 4.69) is 35.9 Å². The van der Waals surface area contributed by atoms with Gasteiger partial charge in [0.2, 0.25) is 0 Å². The van der Waals surface area contributed by atoms with Crippen LogP contribution in [0.5, 0.6) is 0 Å². The molecular formula is C21H31N3O2. The van der Waals surface area contributed by atoms with Crippen molar-refractivity contribution in [1.29, 1.82) is 0 Å². The molecule has 26 heavy (non-hydrogen) atoms. The standard InChI is InChI=1S/C21H31N3O2/c1-15-6-7-18-19(13-15)24(20(25)22-18)16-8-11-23(12-9-16)21(2)10-4-5-17(14-21)26-3/h6-7,13,16-17H,4-5,8-12,14H2,1-3H3,(H,22,25). The minimum absolute atomic E-state index is 0.0346. The number of methoxy groups -OCH3 is 1. The third kappa shape index (κ3) is 3.12. The van der Waals surface area contributed by atoms with Gasteiger partial charge in [-0.3, -0.25) is 9.47 Å². The lowest BCUT2D eigenvalue weighted by atomic mass is 9.79. The van der Waals surface area contributed by atoms with Gasteiger partial charge in [-0.05, 0) is 70.1 Å². The van der Waals surface area contributed by atoms with Gasteiger partial charge in [-0.1, -0.05) is 6.07 Å². The summed E-state index contributed by atoms with van der Waals surface area (Å²) < 4.78 is 7.66. The first-order valence-electron chi connectivity index (χ1n) is 9.99. The summed E-state index contributed by atoms with van der Waals surface area (Å²) in [6.45, 7) is 6.60. The summed E-state index contributed by atoms with van der Waals surface area (Å²) in [4.78, 5) is 18.2. The quantitative estimate of drug-likeness (QED) is 0.913. The fourth-order valence-corrected chi connectivity index (χ4v) is 5.15. The van der Waals surface area contributed by atoms with E-state index in [4.69, 9.17) is 4.74 Å². The van der Waals surface area contributed by atoms with E-state index in [1.807, 2.05) is 17.7 Å². The Morgan fingerprint density at radius 2 is 2.00 bits per heavy atom. The molecule has 4 rings (SSSR count). The molecule has 1 saturated carbocycles. The first kappa shape index (κ1) is 17.8. The Morgan fingerprint density at radius 1 is 1.23 bits per heavy atom. The van der Waals surface area contributed by atoms with Crippen LogP contribution in [0.25, 0.3) is 11.0 Å². The van der Waals surface area contributed by atoms with Gasteiger partial charge in [0.25, 0.3) is 0 Å². The number of likely N-dealkylation sites (tertiary alicyclic amines) is 1. The molecule has 2 heterocycles. The van der Waals surface area contributed by atoms with Crippen molar-refractivity contribution in [2.45, 2.75) is 70.1 Å². The van der Waals surface area contributed by atoms with Crippen molar-refractivity contribution < 1.29 is 4.74 Å². The number of aromatic amines is 1. The lowest BCUT2D eigenvalue weighted by molar-refractivity contribution is -0.0287. The molecule has 1 N–H and O–H groups in total. The number of aromatic nitrogens is 2. The van der Waals surface area contributed by atoms with E-state index in [1.165, 1.54) is 24.8 Å². The number of imidazole rings is 1. The van der Waals surface area contributed by atoms with E-state index < -0.39 is 0 Å². The molecule has 2 unspecified atom stereocenters. The van der Waals surface area contributed by atoms with Gasteiger partial charge in [0.1, 0.15) is 0 Å². The minimum Gasteiger partial charge on any atom is -0.381 e. The van der Waals surface area contributed by atoms with E-state index >= 15 is 0 Å². The van der Waals surface area contributed by atoms with Crippen molar-refractivity contribution >= 4 is 11.0 Å². The van der Waals surface area contributed by atoms with E-state index in [1.54, 1.807) is 0 Å². The predicted octanol–water partition coefficient (Wildman–Crippen LogP) is 3.62. The third-order valence-corrected chi connectivity index (χ3v) is 6.71. The first-order chi connectivity index (χ1) is 12.5. The summed E-state index contributed by atoms with van der Waals surface area (Å²) in [5.74, 6) is 0. The van der Waals surface area contributed by atoms with E-state index in [0.717, 1.165) is 43.4 Å². The second-order valence-electron chi connectivity index (χ2n) is 8.49. The Kier molecular flexibility index (Phi) is 4.70. The molecule has 1 aromatic carbocycles. The Morgan fingerprint density at radius 3 is 2.73 bits per heavy atom. The number of rotatable bonds is 3. The number of hydrogen-bond donors (Lipinski definition) is 1. The van der Waals surface area contributed by atoms with Crippen LogP contribution in [0, 0.1) is 6.92 Å². The molecule has 1 saturated heterocycles. The van der Waals surface area contributed by atoms with Gasteiger partial charge >= 0.3 is 5.69 Å². The number of fused-ring (bicyclic) bond motifs is 1. The number of nitrogens with one attached hydrogen (secondary N) is 1. The van der Waals surface area contributed by atoms with Crippen LogP contribution >= 0.6 is 0 Å². The van der Waals surface area contributed by atoms with Gasteiger partial charge in [-0.25, -0.2) is 4.79 Å². The van der Waals surface area contributed by atoms with Crippen LogP contribution < -0.4 is 5.69 Å². The van der Waals surface area contributed by atoms with Gasteiger partial charge in [0.05, 0.1) is 17.1 Å². The molecule has 1 aliphatic heterocycles. The topological polar surface area (TPSA) is 50.3 Å². The van der Waals surface area contributed by atoms with Gasteiger partial charge in [-0.15, -0.1) is 0 Å². The Hall–Kier alpha value is -1.59. The van der Waals surface area contributed by atoms with Crippen molar-refractivity contribution in [2.75, 3.05) is 20.2 Å². The number of piperidine rings is 1. The predicted molar refractivity (Wildman–Crippen MR) is 105 cm³/mol. The summed E-state index contributed by atoms with van der Waals surface area (Å²) >= 11 is 0. The number of ether oxygens (including phenoxy) is 1. The molecule has 1 aliphatic carbocycles. The largest absolute Gasteiger partial charge is 0.381 e. The highest BCUT2D eigenvalue weighted by Crippen LogP contribution is 2.38. The highest BCUT2D eigenvalue weighted by atomic mass is 16.5. The van der Waals surface area contributed by atoms with Gasteiger partial charge in [-0.2, -0.15) is 0 Å². The molecule has 5 heteroatoms. The van der Waals surface area contributed by atoms with E-state index in [0.29, 0.717) is 12.1 Å². The average Bonchev–Trinajstić information content (AvgIpc) is 2.97.